The van der Waals surface area contributed by atoms with Crippen molar-refractivity contribution < 1.29 is 4.79 Å². The van der Waals surface area contributed by atoms with Gasteiger partial charge in [-0.2, -0.15) is 0 Å². The van der Waals surface area contributed by atoms with Gasteiger partial charge in [0.1, 0.15) is 9.48 Å². The van der Waals surface area contributed by atoms with Gasteiger partial charge in [0.2, 0.25) is 0 Å². The van der Waals surface area contributed by atoms with Gasteiger partial charge < -0.3 is 4.79 Å². The molecule has 1 aromatic rings. The number of rotatable bonds is 0. The Bertz CT molecular complexity index is 223. The predicted molar refractivity (Wildman–Crippen MR) is 61.0 cm³/mol. The van der Waals surface area contributed by atoms with Gasteiger partial charge in [-0.15, -0.1) is 0 Å². The van der Waals surface area contributed by atoms with Crippen LogP contribution in [0.4, 0.5) is 0 Å². The van der Waals surface area contributed by atoms with Gasteiger partial charge in [-0.05, 0) is 64.5 Å². The van der Waals surface area contributed by atoms with E-state index in [0.29, 0.717) is 0 Å². The van der Waals surface area contributed by atoms with Crippen molar-refractivity contribution in [2.75, 3.05) is 0 Å². The third-order valence-corrected chi connectivity index (χ3v) is 1.80. The van der Waals surface area contributed by atoms with Crippen LogP contribution in [-0.2, 0) is 4.79 Å². The van der Waals surface area contributed by atoms with Gasteiger partial charge in [0.15, 0.2) is 0 Å². The topological polar surface area (TPSA) is 30.0 Å². The van der Waals surface area contributed by atoms with Crippen molar-refractivity contribution in [2.24, 2.45) is 0 Å². The van der Waals surface area contributed by atoms with E-state index in [-0.39, 0.29) is 5.78 Å². The average Bonchev–Trinajstić information content (AvgIpc) is 1.94. The average molecular weight is 345 g/mol. The molecule has 4 heteroatoms. The van der Waals surface area contributed by atoms with Crippen molar-refractivity contribution >= 4 is 44.3 Å². The van der Waals surface area contributed by atoms with Crippen LogP contribution in [0.25, 0.3) is 0 Å². The number of hydrogen-bond acceptors (Lipinski definition) is 2. The first-order chi connectivity index (χ1) is 5.52. The van der Waals surface area contributed by atoms with Gasteiger partial charge >= 0.3 is 0 Å². The monoisotopic (exact) mass is 344 g/mol. The maximum Gasteiger partial charge on any atom is 0.126 e. The number of Topliss-reactive ketones (excluding diaryl/α,β-unsaturated/α-hetero) is 1. The number of hydrogen-bond donors (Lipinski definition) is 0. The number of carbonyl (C=O) groups excluding carboxylic acids is 1. The molecule has 1 rings (SSSR count). The lowest BCUT2D eigenvalue weighted by Gasteiger charge is -1.86. The van der Waals surface area contributed by atoms with E-state index in [4.69, 9.17) is 0 Å². The van der Waals surface area contributed by atoms with Gasteiger partial charge in [-0.1, -0.05) is 0 Å². The molecule has 0 saturated carbocycles. The highest BCUT2D eigenvalue weighted by molar-refractivity contribution is 14.1. The minimum absolute atomic E-state index is 0.167. The Balaban J connectivity index is 0.000000261. The molecule has 0 unspecified atom stereocenters. The highest BCUT2D eigenvalue weighted by Crippen LogP contribution is 2.07. The summed E-state index contributed by atoms with van der Waals surface area (Å²) in [6, 6.07) is 3.92. The Kier molecular flexibility index (Phi) is 6.55. The number of nitrogens with zero attached hydrogens (tertiary/aromatic N) is 1. The minimum atomic E-state index is 0.167. The van der Waals surface area contributed by atoms with E-state index < -0.39 is 0 Å². The zero-order valence-corrected chi connectivity index (χ0v) is 10.6. The lowest BCUT2D eigenvalue weighted by atomic mass is 10.5. The highest BCUT2D eigenvalue weighted by Gasteiger charge is 1.84. The molecule has 0 aliphatic heterocycles. The molecule has 1 heterocycles. The minimum Gasteiger partial charge on any atom is -0.300 e. The summed E-state index contributed by atoms with van der Waals surface area (Å²) in [6.45, 7) is 3.06. The summed E-state index contributed by atoms with van der Waals surface area (Å²) in [6.07, 6.45) is 1.78. The Hall–Kier alpha value is 0.0300. The molecule has 0 amide bonds. The van der Waals surface area contributed by atoms with E-state index in [1.807, 2.05) is 12.1 Å². The smallest absolute Gasteiger partial charge is 0.126 e. The summed E-state index contributed by atoms with van der Waals surface area (Å²) in [5.41, 5.74) is 0. The van der Waals surface area contributed by atoms with E-state index in [1.54, 1.807) is 6.20 Å². The third kappa shape index (κ3) is 8.13. The van der Waals surface area contributed by atoms with E-state index in [9.17, 15) is 4.79 Å². The van der Waals surface area contributed by atoms with E-state index >= 15 is 0 Å². The summed E-state index contributed by atoms with van der Waals surface area (Å²) >= 11 is 5.44. The van der Waals surface area contributed by atoms with Crippen molar-refractivity contribution in [2.45, 2.75) is 13.8 Å². The predicted octanol–water partition coefficient (Wildman–Crippen LogP) is 3.04. The number of carbonyl (C=O) groups is 1. The Morgan fingerprint density at radius 2 is 2.00 bits per heavy atom. The number of ketones is 1. The molecule has 0 bridgehead atoms. The Morgan fingerprint density at radius 1 is 1.50 bits per heavy atom. The van der Waals surface area contributed by atoms with Crippen molar-refractivity contribution in [3.05, 3.63) is 26.5 Å². The number of aromatic nitrogens is 1. The summed E-state index contributed by atoms with van der Waals surface area (Å²) in [7, 11) is 0. The largest absolute Gasteiger partial charge is 0.300 e. The molecule has 0 radical (unpaired) electrons. The molecule has 0 spiro atoms. The lowest BCUT2D eigenvalue weighted by molar-refractivity contribution is -0.114. The third-order valence-electron chi connectivity index (χ3n) is 0.691. The van der Waals surface area contributed by atoms with Crippen molar-refractivity contribution in [3.63, 3.8) is 0 Å². The first kappa shape index (κ1) is 12.0. The molecular weight excluding hydrogens is 336 g/mol. The molecule has 2 nitrogen and oxygen atoms in total. The van der Waals surface area contributed by atoms with Crippen LogP contribution in [0.2, 0.25) is 0 Å². The fourth-order valence-electron chi connectivity index (χ4n) is 0.358. The van der Waals surface area contributed by atoms with E-state index in [2.05, 4.69) is 43.5 Å². The van der Waals surface area contributed by atoms with Gasteiger partial charge in [0, 0.05) is 10.7 Å². The van der Waals surface area contributed by atoms with Gasteiger partial charge in [-0.3, -0.25) is 0 Å². The molecule has 66 valence electrons. The summed E-state index contributed by atoms with van der Waals surface area (Å²) in [5, 5.41) is 0. The van der Waals surface area contributed by atoms with E-state index in [0.717, 1.165) is 8.17 Å². The Labute approximate surface area is 94.0 Å². The molecule has 0 saturated heterocycles. The molecule has 0 N–H and O–H groups in total. The summed E-state index contributed by atoms with van der Waals surface area (Å²) in [4.78, 5) is 13.5. The highest BCUT2D eigenvalue weighted by atomic mass is 127. The fraction of sp³-hybridized carbons (Fsp3) is 0.250. The molecule has 0 aliphatic rings. The molecular formula is C8H9BrINO. The van der Waals surface area contributed by atoms with Crippen LogP contribution in [0.3, 0.4) is 0 Å². The molecule has 0 fully saturated rings. The van der Waals surface area contributed by atoms with Crippen molar-refractivity contribution in [1.29, 1.82) is 0 Å². The van der Waals surface area contributed by atoms with Crippen LogP contribution in [0.15, 0.2) is 22.8 Å². The molecule has 1 aromatic heterocycles. The van der Waals surface area contributed by atoms with Crippen LogP contribution in [0, 0.1) is 3.70 Å². The first-order valence-electron chi connectivity index (χ1n) is 3.26. The fourth-order valence-corrected chi connectivity index (χ4v) is 0.911. The quantitative estimate of drug-likeness (QED) is 0.411. The van der Waals surface area contributed by atoms with Crippen LogP contribution >= 0.6 is 38.5 Å². The van der Waals surface area contributed by atoms with Gasteiger partial charge in [0.05, 0.1) is 0 Å². The number of pyridine rings is 1. The molecule has 12 heavy (non-hydrogen) atoms. The van der Waals surface area contributed by atoms with E-state index in [1.165, 1.54) is 13.8 Å². The second-order valence-corrected chi connectivity index (χ2v) is 4.23. The SMILES string of the molecule is Brc1ccc(I)nc1.[13CH3][13C]([13CH3])=O. The molecule has 0 aromatic carbocycles. The number of halogens is 2. The van der Waals surface area contributed by atoms with Gasteiger partial charge in [-0.25, -0.2) is 4.98 Å². The van der Waals surface area contributed by atoms with Crippen LogP contribution < -0.4 is 0 Å². The van der Waals surface area contributed by atoms with Crippen LogP contribution in [0.1, 0.15) is 13.8 Å². The summed E-state index contributed by atoms with van der Waals surface area (Å²) < 4.78 is 2.05. The molecule has 0 atom stereocenters. The van der Waals surface area contributed by atoms with Gasteiger partial charge in [0.25, 0.3) is 0 Å². The second kappa shape index (κ2) is 6.54. The lowest BCUT2D eigenvalue weighted by Crippen LogP contribution is -1.74. The maximum absolute atomic E-state index is 9.44. The normalized spacial score (nSPS) is 8.33. The van der Waals surface area contributed by atoms with Crippen molar-refractivity contribution in [1.82, 2.24) is 4.98 Å². The maximum atomic E-state index is 9.44. The summed E-state index contributed by atoms with van der Waals surface area (Å²) in [5.74, 6) is 0.167. The van der Waals surface area contributed by atoms with Crippen molar-refractivity contribution in [3.8, 4) is 0 Å². The zero-order valence-electron chi connectivity index (χ0n) is 6.84. The molecule has 0 aliphatic carbocycles. The first-order valence-corrected chi connectivity index (χ1v) is 5.14. The standard InChI is InChI=1S/C5H3BrIN.C3H6O/c6-4-1-2-5(7)8-3-4;1-3(2)4/h1-3H;1-2H3/i;1+1,2+1,3+1. The van der Waals surface area contributed by atoms with Crippen LogP contribution in [0.5, 0.6) is 0 Å². The second-order valence-electron chi connectivity index (χ2n) is 2.21. The Morgan fingerprint density at radius 3 is 2.25 bits per heavy atom. The zero-order chi connectivity index (χ0) is 9.56. The van der Waals surface area contributed by atoms with Crippen LogP contribution in [-0.4, -0.2) is 10.8 Å².